The Morgan fingerprint density at radius 2 is 0.621 bits per heavy atom. The Balaban J connectivity index is 0.000000211. The second-order valence-corrected chi connectivity index (χ2v) is 66.1. The summed E-state index contributed by atoms with van der Waals surface area (Å²) in [7, 11) is 0.148. The maximum Gasteiger partial charge on any atom is 0.414 e. The Hall–Kier alpha value is -5.20. The molecule has 14 unspecified atom stereocenters. The molecule has 1 N–H and O–H groups in total. The van der Waals surface area contributed by atoms with Gasteiger partial charge >= 0.3 is 18.0 Å². The van der Waals surface area contributed by atoms with Crippen molar-refractivity contribution < 1.29 is 56.4 Å². The van der Waals surface area contributed by atoms with Gasteiger partial charge in [0.25, 0.3) is 0 Å². The van der Waals surface area contributed by atoms with Crippen molar-refractivity contribution in [2.45, 2.75) is 513 Å². The normalized spacial score (nSPS) is 28.8. The van der Waals surface area contributed by atoms with Gasteiger partial charge in [0, 0.05) is 130 Å². The average Bonchev–Trinajstić information content (AvgIpc) is 1.65. The molecule has 14 atom stereocenters. The zero-order valence-corrected chi connectivity index (χ0v) is 94.5. The van der Waals surface area contributed by atoms with Crippen LogP contribution in [0.15, 0.2) is 179 Å². The molecule has 810 valence electrons. The van der Waals surface area contributed by atoms with Gasteiger partial charge in [0.1, 0.15) is 70.5 Å². The van der Waals surface area contributed by atoms with E-state index in [1.807, 2.05) is 27.9 Å². The first-order valence-corrected chi connectivity index (χ1v) is 62.8. The zero-order valence-electron chi connectivity index (χ0n) is 88.8. The minimum absolute atomic E-state index is 0. The molecule has 0 aliphatic carbocycles. The lowest BCUT2D eigenvalue weighted by atomic mass is 9.87. The van der Waals surface area contributed by atoms with E-state index in [1.165, 1.54) is 168 Å². The molecule has 6 aromatic rings. The molecule has 145 heavy (non-hydrogen) atoms. The van der Waals surface area contributed by atoms with Crippen LogP contribution in [0, 0.1) is 5.41 Å². The lowest BCUT2D eigenvalue weighted by Gasteiger charge is -2.42. The Morgan fingerprint density at radius 3 is 0.917 bits per heavy atom. The summed E-state index contributed by atoms with van der Waals surface area (Å²) in [6, 6.07) is 55.6. The number of nitrogens with zero attached hydrogens (tertiary/aromatic N) is 2. The van der Waals surface area contributed by atoms with E-state index in [0.717, 1.165) is 103 Å². The van der Waals surface area contributed by atoms with Gasteiger partial charge in [0.15, 0.2) is 40.4 Å². The van der Waals surface area contributed by atoms with Crippen LogP contribution in [0.5, 0.6) is 0 Å². The summed E-state index contributed by atoms with van der Waals surface area (Å²) < 4.78 is 56.1. The number of benzene rings is 6. The lowest BCUT2D eigenvalue weighted by Crippen LogP contribution is -2.52. The second-order valence-electron chi connectivity index (χ2n) is 49.2. The fourth-order valence-corrected chi connectivity index (χ4v) is 44.3. The van der Waals surface area contributed by atoms with Gasteiger partial charge < -0.3 is 28.8 Å². The Labute approximate surface area is 900 Å². The second kappa shape index (κ2) is 52.2. The molecule has 13 fully saturated rings. The monoisotopic (exact) mass is 2130 g/mol. The highest BCUT2D eigenvalue weighted by molar-refractivity contribution is 8.00. The van der Waals surface area contributed by atoms with Crippen LogP contribution < -0.4 is 0 Å². The highest BCUT2D eigenvalue weighted by Crippen LogP contribution is 2.52. The van der Waals surface area contributed by atoms with Crippen molar-refractivity contribution >= 4 is 105 Å². The highest BCUT2D eigenvalue weighted by Gasteiger charge is 2.60. The van der Waals surface area contributed by atoms with Crippen molar-refractivity contribution in [2.24, 2.45) is 9.81 Å². The first kappa shape index (κ1) is 125. The molecular weight excluding hydrogens is 1930 g/mol. The SMILES string of the molecule is C.C.C.C.C.C.CC(C)(C)C(=O)OC1CC2CCCC(C1)[S+]2c1ccc(C(C)(C)C)cc1.CC(C)(C)c1ccc([S+]2C3CCCC2CC(=NS(C)(=O)=O)C3)cc1.CC(C)(C)c1ccc([S+]2C3CCCC2CC(=O)OC3)cc1.CC(C)(C)c1ccc([S+]2C3CCCC2CC2(C3)OCCO2)cc1.CC(C)(C)c1ccc([S+]2C3CCCC2CN(C(=O)O)C(=O)C3)cc1.COC1CC2CCCC(C1)[S+]2c1ccc(C(C)(C)C)cc1. The van der Waals surface area contributed by atoms with Gasteiger partial charge in [0.2, 0.25) is 15.9 Å². The third-order valence-electron chi connectivity index (χ3n) is 31.2. The first-order chi connectivity index (χ1) is 65.4. The largest absolute Gasteiger partial charge is 0.465 e. The van der Waals surface area contributed by atoms with Crippen LogP contribution in [-0.2, 0) is 146 Å². The van der Waals surface area contributed by atoms with E-state index >= 15 is 0 Å². The Kier molecular flexibility index (Phi) is 45.0. The number of carboxylic acid groups (broad SMARTS) is 1. The highest BCUT2D eigenvalue weighted by atomic mass is 32.2. The quantitative estimate of drug-likeness (QED) is 0.107. The average molecular weight is 2130 g/mol. The van der Waals surface area contributed by atoms with Crippen molar-refractivity contribution in [3.8, 4) is 0 Å². The number of cyclic esters (lactones) is 1. The minimum Gasteiger partial charge on any atom is -0.465 e. The number of fused-ring (bicyclic) bond motifs is 12. The van der Waals surface area contributed by atoms with Crippen molar-refractivity contribution in [1.29, 1.82) is 0 Å². The Bertz CT molecular complexity index is 5160. The van der Waals surface area contributed by atoms with E-state index in [4.69, 9.17) is 23.7 Å². The fraction of sp³-hybridized carbons (Fsp3) is 0.669. The zero-order chi connectivity index (χ0) is 100. The number of sulfonamides is 1. The van der Waals surface area contributed by atoms with Gasteiger partial charge in [-0.2, -0.15) is 4.40 Å². The molecule has 0 aromatic heterocycles. The third kappa shape index (κ3) is 32.3. The lowest BCUT2D eigenvalue weighted by molar-refractivity contribution is -0.171. The summed E-state index contributed by atoms with van der Waals surface area (Å²) in [6.45, 7) is 49.0. The number of imide groups is 1. The minimum atomic E-state index is -3.27. The fourth-order valence-electron chi connectivity index (χ4n) is 23.6. The van der Waals surface area contributed by atoms with Crippen molar-refractivity contribution in [3.63, 3.8) is 0 Å². The molecule has 21 heteroatoms. The van der Waals surface area contributed by atoms with Crippen molar-refractivity contribution in [3.05, 3.63) is 179 Å². The van der Waals surface area contributed by atoms with Crippen LogP contribution in [-0.4, -0.2) is 169 Å². The molecule has 0 radical (unpaired) electrons. The molecule has 13 aliphatic rings. The molecule has 13 heterocycles. The molecule has 2 amide bonds. The smallest absolute Gasteiger partial charge is 0.414 e. The number of carbonyl (C=O) groups excluding carboxylic acids is 3. The summed E-state index contributed by atoms with van der Waals surface area (Å²) >= 11 is 0. The molecule has 13 aliphatic heterocycles. The van der Waals surface area contributed by atoms with Crippen molar-refractivity contribution in [1.82, 2.24) is 4.90 Å². The number of rotatable bonds is 9. The summed E-state index contributed by atoms with van der Waals surface area (Å²) in [5.41, 5.74) is 10.0. The number of methoxy groups -OCH3 is 1. The molecule has 1 spiro atoms. The van der Waals surface area contributed by atoms with Crippen LogP contribution in [0.25, 0.3) is 0 Å². The van der Waals surface area contributed by atoms with Crippen LogP contribution in [0.2, 0.25) is 0 Å². The number of hydrogen-bond donors (Lipinski definition) is 1. The van der Waals surface area contributed by atoms with E-state index in [1.54, 1.807) is 9.79 Å². The van der Waals surface area contributed by atoms with Crippen LogP contribution in [0.4, 0.5) is 4.79 Å². The predicted molar refractivity (Wildman–Crippen MR) is 627 cm³/mol. The Morgan fingerprint density at radius 1 is 0.366 bits per heavy atom. The molecule has 0 saturated carbocycles. The molecule has 12 bridgehead atoms. The van der Waals surface area contributed by atoms with Crippen LogP contribution in [0.1, 0.15) is 403 Å². The molecule has 13 saturated heterocycles. The van der Waals surface area contributed by atoms with Gasteiger partial charge in [-0.05, 0) is 275 Å². The number of esters is 2. The number of hydrogen-bond acceptors (Lipinski definition) is 11. The standard InChI is InChI=1S/C23H35O2S.C20H29O2S.C19H25NO3S.C19H28NO2S2.C19H29OS.C18H25O2S.6CH4/c1-22(2,3)16-10-12-18(13-11-16)26-19-8-7-9-20(26)15-17(14-19)25-21(24)23(4,5)6;1-19(2,3)15-7-9-16(10-8-15)23-17-5-4-6-18(23)14-20(13-17)21-11-12-22-20;1-19(2,3)13-7-9-14(10-8-13)24-15-5-4-6-16(24)12-20(18(22)23)17(21)11-15;1-19(2,3)14-8-10-16(11-9-14)23-17-6-5-7-18(23)13-15(12-17)20-24(4,21)22;1-19(2,3)14-8-10-16(11-9-14)21-17-6-5-7-18(21)13-15(12-17)20-4;1-18(2,3)13-7-9-14(10-8-13)21-15-5-4-6-16(21)12-20-17(19)11-15;;;;;;/h10-13,17,19-20H,7-9,14-15H2,1-6H3;7-10,17-18H,4-6,11-14H2,1-3H3;7-10,15-16H,4-6,11-12H2,1-3H3;8-11,17-18H,5-7,12-13H2,1-4H3;8-11,15,17-18H,5-7,12-13H2,1-4H3;7-10,15-16H,4-6,11-12H2,1-3H3;6*1H4/q2*+1;;3*+1;;;;;;/p+1. The van der Waals surface area contributed by atoms with E-state index in [9.17, 15) is 32.7 Å². The molecule has 14 nitrogen and oxygen atoms in total. The number of amides is 2. The van der Waals surface area contributed by atoms with Gasteiger partial charge in [-0.1, -0.05) is 242 Å². The summed E-state index contributed by atoms with van der Waals surface area (Å²) in [5, 5.41) is 16.7. The maximum atomic E-state index is 12.3. The number of carbonyl (C=O) groups is 4. The van der Waals surface area contributed by atoms with Crippen LogP contribution >= 0.6 is 0 Å². The molecule has 19 rings (SSSR count). The van der Waals surface area contributed by atoms with Gasteiger partial charge in [-0.25, -0.2) is 18.1 Å². The van der Waals surface area contributed by atoms with Gasteiger partial charge in [-0.15, -0.1) is 0 Å². The molecule has 6 aromatic carbocycles. The topological polar surface area (TPSA) is 184 Å². The van der Waals surface area contributed by atoms with E-state index in [2.05, 4.69) is 275 Å². The third-order valence-corrected chi connectivity index (χ3v) is 50.1. The van der Waals surface area contributed by atoms with E-state index in [0.29, 0.717) is 102 Å². The van der Waals surface area contributed by atoms with Gasteiger partial charge in [-0.3, -0.25) is 14.4 Å². The van der Waals surface area contributed by atoms with Crippen LogP contribution in [0.3, 0.4) is 0 Å². The predicted octanol–water partition coefficient (Wildman–Crippen LogP) is 30.3. The van der Waals surface area contributed by atoms with E-state index in [-0.39, 0.29) is 145 Å². The van der Waals surface area contributed by atoms with Crippen molar-refractivity contribution in [2.75, 3.05) is 39.7 Å². The maximum absolute atomic E-state index is 12.3. The number of ether oxygens (including phenoxy) is 5. The first-order valence-electron chi connectivity index (χ1n) is 52.8. The van der Waals surface area contributed by atoms with Gasteiger partial charge in [0.05, 0.1) is 50.4 Å². The summed E-state index contributed by atoms with van der Waals surface area (Å²) in [4.78, 5) is 57.7. The summed E-state index contributed by atoms with van der Waals surface area (Å²) in [6.07, 6.45) is 32.9. The van der Waals surface area contributed by atoms with E-state index < -0.39 is 21.5 Å². The molecular formula is C124H196N2O12S7+6. The summed E-state index contributed by atoms with van der Waals surface area (Å²) in [5.74, 6) is -0.490.